The van der Waals surface area contributed by atoms with Crippen LogP contribution in [0.4, 0.5) is 0 Å². The standard InChI is InChI=1S/C16H22N2O/c1-12(14-10-17-11-14)16(19)18-9-5-8-15(18)13-6-3-2-4-7-13/h2-4,6-7,12,14-15,17H,5,8-11H2,1H3. The molecule has 3 nitrogen and oxygen atoms in total. The lowest BCUT2D eigenvalue weighted by Crippen LogP contribution is -2.50. The van der Waals surface area contributed by atoms with Crippen molar-refractivity contribution in [3.63, 3.8) is 0 Å². The van der Waals surface area contributed by atoms with Gasteiger partial charge in [0.25, 0.3) is 0 Å². The van der Waals surface area contributed by atoms with Gasteiger partial charge in [-0.05, 0) is 37.4 Å². The zero-order valence-electron chi connectivity index (χ0n) is 11.5. The molecule has 102 valence electrons. The molecule has 2 aliphatic heterocycles. The summed E-state index contributed by atoms with van der Waals surface area (Å²) < 4.78 is 0. The van der Waals surface area contributed by atoms with E-state index in [1.807, 2.05) is 6.07 Å². The van der Waals surface area contributed by atoms with Gasteiger partial charge in [-0.25, -0.2) is 0 Å². The smallest absolute Gasteiger partial charge is 0.226 e. The van der Waals surface area contributed by atoms with Crippen LogP contribution in [0, 0.1) is 11.8 Å². The second-order valence-electron chi connectivity index (χ2n) is 5.81. The van der Waals surface area contributed by atoms with Crippen molar-refractivity contribution < 1.29 is 4.79 Å². The number of nitrogens with one attached hydrogen (secondary N) is 1. The van der Waals surface area contributed by atoms with Gasteiger partial charge in [-0.3, -0.25) is 4.79 Å². The van der Waals surface area contributed by atoms with Gasteiger partial charge in [0, 0.05) is 12.5 Å². The second-order valence-corrected chi connectivity index (χ2v) is 5.81. The first-order valence-corrected chi connectivity index (χ1v) is 7.33. The summed E-state index contributed by atoms with van der Waals surface area (Å²) in [6.45, 7) is 5.00. The molecule has 1 aromatic carbocycles. The van der Waals surface area contributed by atoms with Crippen molar-refractivity contribution in [1.29, 1.82) is 0 Å². The maximum atomic E-state index is 12.7. The van der Waals surface area contributed by atoms with Crippen molar-refractivity contribution in [2.45, 2.75) is 25.8 Å². The van der Waals surface area contributed by atoms with Crippen LogP contribution in [0.3, 0.4) is 0 Å². The van der Waals surface area contributed by atoms with Crippen LogP contribution in [0.1, 0.15) is 31.4 Å². The fourth-order valence-electron chi connectivity index (χ4n) is 3.18. The lowest BCUT2D eigenvalue weighted by molar-refractivity contribution is -0.138. The number of hydrogen-bond acceptors (Lipinski definition) is 2. The van der Waals surface area contributed by atoms with E-state index in [1.54, 1.807) is 0 Å². The Labute approximate surface area is 115 Å². The maximum Gasteiger partial charge on any atom is 0.226 e. The number of hydrogen-bond donors (Lipinski definition) is 1. The minimum Gasteiger partial charge on any atom is -0.335 e. The quantitative estimate of drug-likeness (QED) is 0.901. The number of amides is 1. The van der Waals surface area contributed by atoms with Gasteiger partial charge in [-0.2, -0.15) is 0 Å². The molecule has 2 fully saturated rings. The average molecular weight is 258 g/mol. The molecule has 0 saturated carbocycles. The van der Waals surface area contributed by atoms with E-state index in [0.29, 0.717) is 17.9 Å². The monoisotopic (exact) mass is 258 g/mol. The fourth-order valence-corrected chi connectivity index (χ4v) is 3.18. The van der Waals surface area contributed by atoms with Crippen LogP contribution in [0.2, 0.25) is 0 Å². The van der Waals surface area contributed by atoms with Crippen LogP contribution >= 0.6 is 0 Å². The molecule has 2 unspecified atom stereocenters. The highest BCUT2D eigenvalue weighted by atomic mass is 16.2. The summed E-state index contributed by atoms with van der Waals surface area (Å²) in [7, 11) is 0. The fraction of sp³-hybridized carbons (Fsp3) is 0.562. The van der Waals surface area contributed by atoms with Crippen molar-refractivity contribution >= 4 is 5.91 Å². The molecule has 0 aliphatic carbocycles. The third-order valence-electron chi connectivity index (χ3n) is 4.63. The van der Waals surface area contributed by atoms with Crippen molar-refractivity contribution in [3.05, 3.63) is 35.9 Å². The van der Waals surface area contributed by atoms with Crippen molar-refractivity contribution in [2.24, 2.45) is 11.8 Å². The predicted octanol–water partition coefficient (Wildman–Crippen LogP) is 2.21. The lowest BCUT2D eigenvalue weighted by Gasteiger charge is -2.35. The summed E-state index contributed by atoms with van der Waals surface area (Å²) in [6, 6.07) is 10.8. The van der Waals surface area contributed by atoms with Crippen LogP contribution < -0.4 is 5.32 Å². The first-order valence-electron chi connectivity index (χ1n) is 7.33. The molecule has 0 spiro atoms. The molecule has 0 radical (unpaired) electrons. The summed E-state index contributed by atoms with van der Waals surface area (Å²) >= 11 is 0. The Balaban J connectivity index is 1.74. The largest absolute Gasteiger partial charge is 0.335 e. The number of benzene rings is 1. The Hall–Kier alpha value is -1.35. The summed E-state index contributed by atoms with van der Waals surface area (Å²) in [5.41, 5.74) is 1.28. The molecule has 0 aromatic heterocycles. The van der Waals surface area contributed by atoms with Crippen molar-refractivity contribution in [2.75, 3.05) is 19.6 Å². The molecular formula is C16H22N2O. The Bertz CT molecular complexity index is 441. The SMILES string of the molecule is CC(C(=O)N1CCCC1c1ccccc1)C1CNC1. The Morgan fingerprint density at radius 3 is 2.68 bits per heavy atom. The van der Waals surface area contributed by atoms with E-state index in [9.17, 15) is 4.79 Å². The van der Waals surface area contributed by atoms with Gasteiger partial charge in [-0.15, -0.1) is 0 Å². The third kappa shape index (κ3) is 2.39. The normalized spacial score (nSPS) is 25.1. The molecule has 1 N–H and O–H groups in total. The highest BCUT2D eigenvalue weighted by Crippen LogP contribution is 2.34. The number of likely N-dealkylation sites (tertiary alicyclic amines) is 1. The van der Waals surface area contributed by atoms with Crippen LogP contribution in [-0.2, 0) is 4.79 Å². The molecule has 1 aromatic rings. The Kier molecular flexibility index (Phi) is 3.56. The third-order valence-corrected chi connectivity index (χ3v) is 4.63. The highest BCUT2D eigenvalue weighted by molar-refractivity contribution is 5.79. The maximum absolute atomic E-state index is 12.7. The number of rotatable bonds is 3. The lowest BCUT2D eigenvalue weighted by atomic mass is 9.87. The zero-order chi connectivity index (χ0) is 13.2. The second kappa shape index (κ2) is 5.33. The van der Waals surface area contributed by atoms with Gasteiger partial charge in [0.2, 0.25) is 5.91 Å². The predicted molar refractivity (Wildman–Crippen MR) is 75.7 cm³/mol. The Morgan fingerprint density at radius 1 is 1.32 bits per heavy atom. The van der Waals surface area contributed by atoms with Gasteiger partial charge in [0.05, 0.1) is 6.04 Å². The van der Waals surface area contributed by atoms with Crippen LogP contribution in [0.5, 0.6) is 0 Å². The van der Waals surface area contributed by atoms with E-state index in [-0.39, 0.29) is 5.92 Å². The van der Waals surface area contributed by atoms with Crippen molar-refractivity contribution in [3.8, 4) is 0 Å². The average Bonchev–Trinajstić information content (AvgIpc) is 2.86. The van der Waals surface area contributed by atoms with Crippen LogP contribution in [0.15, 0.2) is 30.3 Å². The summed E-state index contributed by atoms with van der Waals surface area (Å²) in [6.07, 6.45) is 2.23. The molecular weight excluding hydrogens is 236 g/mol. The Morgan fingerprint density at radius 2 is 2.05 bits per heavy atom. The van der Waals surface area contributed by atoms with E-state index in [4.69, 9.17) is 0 Å². The molecule has 19 heavy (non-hydrogen) atoms. The number of nitrogens with zero attached hydrogens (tertiary/aromatic N) is 1. The molecule has 2 atom stereocenters. The number of carbonyl (C=O) groups is 1. The van der Waals surface area contributed by atoms with Gasteiger partial charge in [0.15, 0.2) is 0 Å². The van der Waals surface area contributed by atoms with E-state index in [2.05, 4.69) is 41.4 Å². The molecule has 3 heteroatoms. The van der Waals surface area contributed by atoms with Gasteiger partial charge < -0.3 is 10.2 Å². The van der Waals surface area contributed by atoms with E-state index in [0.717, 1.165) is 32.5 Å². The van der Waals surface area contributed by atoms with E-state index >= 15 is 0 Å². The molecule has 0 bridgehead atoms. The van der Waals surface area contributed by atoms with Crippen LogP contribution in [0.25, 0.3) is 0 Å². The summed E-state index contributed by atoms with van der Waals surface area (Å²) in [5.74, 6) is 1.04. The zero-order valence-corrected chi connectivity index (χ0v) is 11.5. The van der Waals surface area contributed by atoms with Gasteiger partial charge in [-0.1, -0.05) is 37.3 Å². The van der Waals surface area contributed by atoms with Gasteiger partial charge >= 0.3 is 0 Å². The topological polar surface area (TPSA) is 32.3 Å². The van der Waals surface area contributed by atoms with Crippen LogP contribution in [-0.4, -0.2) is 30.4 Å². The first-order chi connectivity index (χ1) is 9.27. The van der Waals surface area contributed by atoms with Gasteiger partial charge in [0.1, 0.15) is 0 Å². The number of carbonyl (C=O) groups excluding carboxylic acids is 1. The molecule has 2 heterocycles. The van der Waals surface area contributed by atoms with E-state index < -0.39 is 0 Å². The summed E-state index contributed by atoms with van der Waals surface area (Å²) in [4.78, 5) is 14.8. The molecule has 1 amide bonds. The molecule has 3 rings (SSSR count). The summed E-state index contributed by atoms with van der Waals surface area (Å²) in [5, 5.41) is 3.26. The minimum atomic E-state index is 0.158. The van der Waals surface area contributed by atoms with E-state index in [1.165, 1.54) is 5.56 Å². The minimum absolute atomic E-state index is 0.158. The highest BCUT2D eigenvalue weighted by Gasteiger charge is 2.36. The first kappa shape index (κ1) is 12.7. The molecule has 2 aliphatic rings. The van der Waals surface area contributed by atoms with Crippen molar-refractivity contribution in [1.82, 2.24) is 10.2 Å². The molecule has 2 saturated heterocycles.